The van der Waals surface area contributed by atoms with Crippen LogP contribution in [-0.4, -0.2) is 29.6 Å². The molecule has 2 aromatic carbocycles. The third kappa shape index (κ3) is 2.36. The van der Waals surface area contributed by atoms with Gasteiger partial charge in [-0.3, -0.25) is 9.79 Å². The summed E-state index contributed by atoms with van der Waals surface area (Å²) in [5.41, 5.74) is 6.21. The first kappa shape index (κ1) is 17.2. The molecule has 0 spiro atoms. The van der Waals surface area contributed by atoms with Crippen LogP contribution in [0.3, 0.4) is 0 Å². The quantitative estimate of drug-likeness (QED) is 0.757. The van der Waals surface area contributed by atoms with E-state index in [0.717, 1.165) is 42.6 Å². The zero-order valence-electron chi connectivity index (χ0n) is 16.3. The molecule has 0 saturated carbocycles. The number of hydrogen-bond donors (Lipinski definition) is 0. The van der Waals surface area contributed by atoms with Gasteiger partial charge in [0.2, 0.25) is 0 Å². The number of fused-ring (bicyclic) bond motifs is 5. The number of amides is 1. The molecule has 1 saturated heterocycles. The Labute approximate surface area is 165 Å². The molecular formula is C24H23N3O. The lowest BCUT2D eigenvalue weighted by Gasteiger charge is -2.54. The van der Waals surface area contributed by atoms with Gasteiger partial charge >= 0.3 is 0 Å². The lowest BCUT2D eigenvalue weighted by atomic mass is 9.59. The topological polar surface area (TPSA) is 56.5 Å². The highest BCUT2D eigenvalue weighted by atomic mass is 16.2. The zero-order chi connectivity index (χ0) is 19.5. The minimum absolute atomic E-state index is 0.0504. The van der Waals surface area contributed by atoms with Crippen LogP contribution in [0.15, 0.2) is 41.4 Å². The number of carbonyl (C=O) groups excluding carboxylic acids is 1. The summed E-state index contributed by atoms with van der Waals surface area (Å²) in [4.78, 5) is 19.8. The summed E-state index contributed by atoms with van der Waals surface area (Å²) in [7, 11) is 0. The van der Waals surface area contributed by atoms with Crippen molar-refractivity contribution < 1.29 is 4.79 Å². The number of nitrogens with zero attached hydrogens (tertiary/aromatic N) is 3. The van der Waals surface area contributed by atoms with Crippen LogP contribution in [0.5, 0.6) is 0 Å². The van der Waals surface area contributed by atoms with Crippen LogP contribution >= 0.6 is 0 Å². The Morgan fingerprint density at radius 2 is 2.11 bits per heavy atom. The number of hydrogen-bond acceptors (Lipinski definition) is 3. The maximum absolute atomic E-state index is 13.4. The predicted molar refractivity (Wildman–Crippen MR) is 109 cm³/mol. The van der Waals surface area contributed by atoms with E-state index >= 15 is 0 Å². The van der Waals surface area contributed by atoms with Crippen molar-refractivity contribution in [2.45, 2.75) is 44.6 Å². The maximum atomic E-state index is 13.4. The number of benzene rings is 2. The van der Waals surface area contributed by atoms with E-state index in [9.17, 15) is 10.1 Å². The van der Waals surface area contributed by atoms with Gasteiger partial charge in [-0.05, 0) is 71.2 Å². The van der Waals surface area contributed by atoms with Gasteiger partial charge in [-0.25, -0.2) is 0 Å². The summed E-state index contributed by atoms with van der Waals surface area (Å²) in [6.07, 6.45) is 4.47. The molecule has 1 fully saturated rings. The van der Waals surface area contributed by atoms with Crippen LogP contribution in [0, 0.1) is 17.2 Å². The van der Waals surface area contributed by atoms with Gasteiger partial charge in [-0.1, -0.05) is 19.9 Å². The molecule has 2 heterocycles. The number of likely N-dealkylation sites (tertiary alicyclic amines) is 1. The van der Waals surface area contributed by atoms with Crippen LogP contribution in [0.2, 0.25) is 0 Å². The Morgan fingerprint density at radius 1 is 1.25 bits per heavy atom. The monoisotopic (exact) mass is 369 g/mol. The van der Waals surface area contributed by atoms with Gasteiger partial charge in [0, 0.05) is 30.8 Å². The van der Waals surface area contributed by atoms with Crippen molar-refractivity contribution in [3.63, 3.8) is 0 Å². The summed E-state index contributed by atoms with van der Waals surface area (Å²) in [6, 6.07) is 14.4. The van der Waals surface area contributed by atoms with Gasteiger partial charge in [0.15, 0.2) is 0 Å². The fourth-order valence-corrected chi connectivity index (χ4v) is 5.39. The average molecular weight is 369 g/mol. The number of piperidine rings is 1. The van der Waals surface area contributed by atoms with E-state index in [1.165, 1.54) is 11.1 Å². The Bertz CT molecular complexity index is 1060. The molecule has 4 heteroatoms. The van der Waals surface area contributed by atoms with Gasteiger partial charge < -0.3 is 4.90 Å². The highest BCUT2D eigenvalue weighted by molar-refractivity contribution is 5.96. The Hall–Kier alpha value is -2.93. The Morgan fingerprint density at radius 3 is 2.93 bits per heavy atom. The summed E-state index contributed by atoms with van der Waals surface area (Å²) >= 11 is 0. The molecule has 1 aliphatic carbocycles. The van der Waals surface area contributed by atoms with Gasteiger partial charge in [0.1, 0.15) is 0 Å². The fraction of sp³-hybridized carbons (Fsp3) is 0.375. The smallest absolute Gasteiger partial charge is 0.254 e. The van der Waals surface area contributed by atoms with Crippen molar-refractivity contribution in [1.29, 1.82) is 5.26 Å². The lowest BCUT2D eigenvalue weighted by Crippen LogP contribution is -2.59. The molecule has 3 aliphatic rings. The van der Waals surface area contributed by atoms with Crippen molar-refractivity contribution in [2.24, 2.45) is 10.9 Å². The van der Waals surface area contributed by atoms with Gasteiger partial charge in [0.25, 0.3) is 5.91 Å². The largest absolute Gasteiger partial charge is 0.335 e. The van der Waals surface area contributed by atoms with E-state index in [-0.39, 0.29) is 17.4 Å². The molecule has 3 atom stereocenters. The average Bonchev–Trinajstić information content (AvgIpc) is 3.17. The normalized spacial score (nSPS) is 27.1. The molecular weight excluding hydrogens is 346 g/mol. The summed E-state index contributed by atoms with van der Waals surface area (Å²) in [5.74, 6) is 0.497. The van der Waals surface area contributed by atoms with E-state index in [0.29, 0.717) is 11.5 Å². The fourth-order valence-electron chi connectivity index (χ4n) is 5.39. The summed E-state index contributed by atoms with van der Waals surface area (Å²) in [6.45, 7) is 5.38. The van der Waals surface area contributed by atoms with Crippen LogP contribution < -0.4 is 0 Å². The molecule has 2 aromatic rings. The molecule has 5 rings (SSSR count). The molecule has 0 N–H and O–H groups in total. The molecule has 0 unspecified atom stereocenters. The second-order valence-corrected chi connectivity index (χ2v) is 8.57. The molecule has 2 aliphatic heterocycles. The Balaban J connectivity index is 1.51. The van der Waals surface area contributed by atoms with E-state index in [4.69, 9.17) is 0 Å². The highest BCUT2D eigenvalue weighted by Crippen LogP contribution is 2.49. The van der Waals surface area contributed by atoms with Crippen LogP contribution in [-0.2, 0) is 18.3 Å². The summed E-state index contributed by atoms with van der Waals surface area (Å²) < 4.78 is 0. The van der Waals surface area contributed by atoms with E-state index in [2.05, 4.69) is 35.9 Å². The van der Waals surface area contributed by atoms with E-state index < -0.39 is 0 Å². The maximum Gasteiger partial charge on any atom is 0.254 e. The van der Waals surface area contributed by atoms with Crippen molar-refractivity contribution in [3.05, 3.63) is 64.2 Å². The van der Waals surface area contributed by atoms with Gasteiger partial charge in [-0.15, -0.1) is 0 Å². The molecule has 0 aromatic heterocycles. The van der Waals surface area contributed by atoms with Crippen molar-refractivity contribution in [2.75, 3.05) is 6.54 Å². The van der Waals surface area contributed by atoms with Crippen molar-refractivity contribution in [3.8, 4) is 6.07 Å². The van der Waals surface area contributed by atoms with Gasteiger partial charge in [0.05, 0.1) is 17.3 Å². The predicted octanol–water partition coefficient (Wildman–Crippen LogP) is 4.18. The molecule has 1 amide bonds. The van der Waals surface area contributed by atoms with E-state index in [1.807, 2.05) is 36.5 Å². The second kappa shape index (κ2) is 6.04. The number of aliphatic imine (C=N–C) groups is 1. The molecule has 140 valence electrons. The van der Waals surface area contributed by atoms with Gasteiger partial charge in [-0.2, -0.15) is 5.26 Å². The summed E-state index contributed by atoms with van der Waals surface area (Å²) in [5, 5.41) is 9.30. The first-order chi connectivity index (χ1) is 13.5. The first-order valence-corrected chi connectivity index (χ1v) is 10.0. The first-order valence-electron chi connectivity index (χ1n) is 10.0. The van der Waals surface area contributed by atoms with Crippen molar-refractivity contribution in [1.82, 2.24) is 4.90 Å². The number of nitriles is 1. The number of rotatable bonds is 1. The lowest BCUT2D eigenvalue weighted by molar-refractivity contribution is 0.0250. The van der Waals surface area contributed by atoms with Crippen molar-refractivity contribution >= 4 is 17.8 Å². The molecule has 4 nitrogen and oxygen atoms in total. The molecule has 2 bridgehead atoms. The van der Waals surface area contributed by atoms with Crippen LogP contribution in [0.1, 0.15) is 52.9 Å². The second-order valence-electron chi connectivity index (χ2n) is 8.57. The zero-order valence-corrected chi connectivity index (χ0v) is 16.3. The standard InChI is InChI=1S/C24H23N3O/c1-15-22-13-19-11-16(14-25)3-5-20(19)24(15,2)8-10-27(22)23(28)18-4-6-21-17(12-18)7-9-26-21/h3-6,9,11-12,15,22H,7-8,10,13H2,1-2H3/t15-,22-,24-/m1/s1. The third-order valence-corrected chi connectivity index (χ3v) is 7.26. The van der Waals surface area contributed by atoms with Crippen LogP contribution in [0.25, 0.3) is 0 Å². The molecule has 28 heavy (non-hydrogen) atoms. The SMILES string of the molecule is C[C@@H]1[C@H]2Cc3cc(C#N)ccc3[C@]1(C)CCN2C(=O)c1ccc2c(c1)CC=N2. The highest BCUT2D eigenvalue weighted by Gasteiger charge is 2.49. The van der Waals surface area contributed by atoms with E-state index in [1.54, 1.807) is 0 Å². The Kier molecular flexibility index (Phi) is 3.71. The minimum Gasteiger partial charge on any atom is -0.335 e. The molecule has 0 radical (unpaired) electrons. The third-order valence-electron chi connectivity index (χ3n) is 7.26. The van der Waals surface area contributed by atoms with Crippen LogP contribution in [0.4, 0.5) is 5.69 Å². The number of carbonyl (C=O) groups is 1. The minimum atomic E-state index is 0.0504.